The van der Waals surface area contributed by atoms with E-state index in [1.54, 1.807) is 6.07 Å². The number of hydrogen-bond acceptors (Lipinski definition) is 6. The van der Waals surface area contributed by atoms with Crippen LogP contribution in [0.5, 0.6) is 0 Å². The number of oxime groups is 1. The highest BCUT2D eigenvalue weighted by Gasteiger charge is 2.15. The average Bonchev–Trinajstić information content (AvgIpc) is 3.17. The number of nitrogens with one attached hydrogen (secondary N) is 1. The normalized spacial score (nSPS) is 11.7. The van der Waals surface area contributed by atoms with Gasteiger partial charge in [0.15, 0.2) is 17.3 Å². The molecule has 1 aromatic carbocycles. The van der Waals surface area contributed by atoms with E-state index < -0.39 is 5.82 Å². The molecule has 0 aliphatic carbocycles. The Morgan fingerprint density at radius 3 is 2.91 bits per heavy atom. The zero-order valence-corrected chi connectivity index (χ0v) is 13.3. The number of aryl methyl sites for hydroxylation is 1. The summed E-state index contributed by atoms with van der Waals surface area (Å²) in [5, 5.41) is 21.6. The van der Waals surface area contributed by atoms with Crippen LogP contribution in [0.4, 0.5) is 10.1 Å². The molecular formula is C14H10ClFN4O2S. The van der Waals surface area contributed by atoms with Crippen molar-refractivity contribution in [1.82, 2.24) is 10.1 Å². The highest BCUT2D eigenvalue weighted by atomic mass is 35.5. The molecule has 118 valence electrons. The highest BCUT2D eigenvalue weighted by molar-refractivity contribution is 7.09. The molecule has 9 heteroatoms. The number of hydrogen-bond donors (Lipinski definition) is 2. The molecule has 2 heterocycles. The first-order valence-electron chi connectivity index (χ1n) is 6.40. The van der Waals surface area contributed by atoms with E-state index in [1.165, 1.54) is 29.5 Å². The zero-order chi connectivity index (χ0) is 16.4. The second kappa shape index (κ2) is 6.35. The summed E-state index contributed by atoms with van der Waals surface area (Å²) in [4.78, 5) is 4.29. The lowest BCUT2D eigenvalue weighted by Crippen LogP contribution is -2.14. The van der Waals surface area contributed by atoms with Crippen molar-refractivity contribution in [2.45, 2.75) is 6.92 Å². The first-order valence-corrected chi connectivity index (χ1v) is 7.66. The maximum absolute atomic E-state index is 13.2. The molecule has 0 fully saturated rings. The van der Waals surface area contributed by atoms with E-state index in [2.05, 4.69) is 20.6 Å². The number of anilines is 1. The number of halogens is 2. The third-order valence-electron chi connectivity index (χ3n) is 2.91. The van der Waals surface area contributed by atoms with E-state index in [-0.39, 0.29) is 16.6 Å². The molecule has 6 nitrogen and oxygen atoms in total. The molecule has 0 saturated carbocycles. The first kappa shape index (κ1) is 15.4. The average molecular weight is 353 g/mol. The van der Waals surface area contributed by atoms with Crippen LogP contribution in [0.1, 0.15) is 10.7 Å². The fraction of sp³-hybridized carbons (Fsp3) is 0.0714. The van der Waals surface area contributed by atoms with Crippen LogP contribution in [0.25, 0.3) is 11.5 Å². The summed E-state index contributed by atoms with van der Waals surface area (Å²) >= 11 is 7.20. The molecule has 0 aliphatic rings. The Bertz CT molecular complexity index is 877. The van der Waals surface area contributed by atoms with Crippen molar-refractivity contribution in [3.8, 4) is 11.5 Å². The van der Waals surface area contributed by atoms with Gasteiger partial charge in [0.2, 0.25) is 0 Å². The summed E-state index contributed by atoms with van der Waals surface area (Å²) in [6.45, 7) is 1.88. The number of rotatable bonds is 3. The molecule has 23 heavy (non-hydrogen) atoms. The number of thiazole rings is 1. The van der Waals surface area contributed by atoms with Crippen molar-refractivity contribution < 1.29 is 14.1 Å². The minimum Gasteiger partial charge on any atom is -0.409 e. The van der Waals surface area contributed by atoms with Gasteiger partial charge in [-0.1, -0.05) is 21.9 Å². The molecular weight excluding hydrogens is 343 g/mol. The number of aromatic nitrogens is 2. The van der Waals surface area contributed by atoms with Gasteiger partial charge in [0.1, 0.15) is 11.5 Å². The Balaban J connectivity index is 1.84. The second-order valence-corrected chi connectivity index (χ2v) is 6.00. The molecule has 0 bridgehead atoms. The van der Waals surface area contributed by atoms with E-state index in [1.807, 2.05) is 12.3 Å². The zero-order valence-electron chi connectivity index (χ0n) is 11.7. The lowest BCUT2D eigenvalue weighted by Gasteiger charge is -2.06. The summed E-state index contributed by atoms with van der Waals surface area (Å²) in [7, 11) is 0. The van der Waals surface area contributed by atoms with Crippen LogP contribution in [0.3, 0.4) is 0 Å². The molecule has 0 atom stereocenters. The summed E-state index contributed by atoms with van der Waals surface area (Å²) in [5.41, 5.74) is 1.36. The maximum Gasteiger partial charge on any atom is 0.199 e. The smallest absolute Gasteiger partial charge is 0.199 e. The highest BCUT2D eigenvalue weighted by Crippen LogP contribution is 2.23. The van der Waals surface area contributed by atoms with Crippen molar-refractivity contribution >= 4 is 34.5 Å². The van der Waals surface area contributed by atoms with Gasteiger partial charge in [-0.25, -0.2) is 9.37 Å². The lowest BCUT2D eigenvalue weighted by molar-refractivity contribution is 0.318. The van der Waals surface area contributed by atoms with E-state index in [0.29, 0.717) is 17.1 Å². The van der Waals surface area contributed by atoms with E-state index in [0.717, 1.165) is 5.01 Å². The van der Waals surface area contributed by atoms with E-state index in [9.17, 15) is 9.60 Å². The molecule has 3 aromatic rings. The molecule has 2 N–H and O–H groups in total. The van der Waals surface area contributed by atoms with Crippen molar-refractivity contribution in [2.24, 2.45) is 5.16 Å². The standard InChI is InChI=1S/C14H10ClFN4O2S/c1-7-17-12(6-23-7)13-5-11(20-22-13)14(19-21)18-8-2-3-10(16)9(15)4-8/h2-6,21H,1H3,(H,18,19). The molecule has 2 aromatic heterocycles. The van der Waals surface area contributed by atoms with Gasteiger partial charge in [-0.3, -0.25) is 0 Å². The number of amidine groups is 1. The summed E-state index contributed by atoms with van der Waals surface area (Å²) in [5.74, 6) is -0.0543. The topological polar surface area (TPSA) is 83.5 Å². The fourth-order valence-electron chi connectivity index (χ4n) is 1.83. The van der Waals surface area contributed by atoms with Gasteiger partial charge in [0.05, 0.1) is 10.0 Å². The SMILES string of the molecule is Cc1nc(-c2cc(/C(=N\O)Nc3ccc(F)c(Cl)c3)no2)cs1. The van der Waals surface area contributed by atoms with E-state index >= 15 is 0 Å². The van der Waals surface area contributed by atoms with Crippen LogP contribution in [0, 0.1) is 12.7 Å². The molecule has 0 saturated heterocycles. The minimum absolute atomic E-state index is 0.0367. The molecule has 0 unspecified atom stereocenters. The van der Waals surface area contributed by atoms with Crippen molar-refractivity contribution in [1.29, 1.82) is 0 Å². The van der Waals surface area contributed by atoms with Crippen LogP contribution in [-0.2, 0) is 0 Å². The van der Waals surface area contributed by atoms with Gasteiger partial charge in [-0.15, -0.1) is 11.3 Å². The van der Waals surface area contributed by atoms with Crippen molar-refractivity contribution in [3.05, 3.63) is 51.2 Å². The lowest BCUT2D eigenvalue weighted by atomic mass is 10.2. The maximum atomic E-state index is 13.2. The van der Waals surface area contributed by atoms with Crippen LogP contribution in [0.15, 0.2) is 39.3 Å². The molecule has 0 amide bonds. The predicted molar refractivity (Wildman–Crippen MR) is 85.7 cm³/mol. The van der Waals surface area contributed by atoms with Crippen LogP contribution in [-0.4, -0.2) is 21.2 Å². The van der Waals surface area contributed by atoms with Crippen molar-refractivity contribution in [3.63, 3.8) is 0 Å². The number of benzene rings is 1. The first-order chi connectivity index (χ1) is 11.1. The molecule has 0 aliphatic heterocycles. The third-order valence-corrected chi connectivity index (χ3v) is 3.97. The Kier molecular flexibility index (Phi) is 4.26. The van der Waals surface area contributed by atoms with Gasteiger partial charge in [-0.05, 0) is 25.1 Å². The van der Waals surface area contributed by atoms with Crippen LogP contribution < -0.4 is 5.32 Å². The third kappa shape index (κ3) is 3.33. The van der Waals surface area contributed by atoms with Gasteiger partial charge in [0.25, 0.3) is 0 Å². The van der Waals surface area contributed by atoms with Gasteiger partial charge in [-0.2, -0.15) is 0 Å². The Morgan fingerprint density at radius 1 is 1.43 bits per heavy atom. The van der Waals surface area contributed by atoms with Gasteiger partial charge in [0, 0.05) is 17.1 Å². The second-order valence-electron chi connectivity index (χ2n) is 4.53. The summed E-state index contributed by atoms with van der Waals surface area (Å²) in [6, 6.07) is 5.61. The molecule has 0 radical (unpaired) electrons. The van der Waals surface area contributed by atoms with E-state index in [4.69, 9.17) is 16.1 Å². The predicted octanol–water partition coefficient (Wildman–Crippen LogP) is 4.15. The fourth-order valence-corrected chi connectivity index (χ4v) is 2.62. The quantitative estimate of drug-likeness (QED) is 0.320. The minimum atomic E-state index is -0.540. The van der Waals surface area contributed by atoms with Crippen LogP contribution in [0.2, 0.25) is 5.02 Å². The van der Waals surface area contributed by atoms with Gasteiger partial charge >= 0.3 is 0 Å². The summed E-state index contributed by atoms with van der Waals surface area (Å²) < 4.78 is 18.4. The van der Waals surface area contributed by atoms with Crippen LogP contribution >= 0.6 is 22.9 Å². The Hall–Kier alpha value is -2.45. The molecule has 3 rings (SSSR count). The number of nitrogens with zero attached hydrogens (tertiary/aromatic N) is 3. The summed E-state index contributed by atoms with van der Waals surface area (Å²) in [6.07, 6.45) is 0. The Labute approximate surface area is 139 Å². The van der Waals surface area contributed by atoms with Gasteiger partial charge < -0.3 is 15.0 Å². The largest absolute Gasteiger partial charge is 0.409 e. The Morgan fingerprint density at radius 2 is 2.26 bits per heavy atom. The monoisotopic (exact) mass is 352 g/mol. The molecule has 0 spiro atoms. The van der Waals surface area contributed by atoms with Crippen molar-refractivity contribution in [2.75, 3.05) is 5.32 Å².